The van der Waals surface area contributed by atoms with Crippen molar-refractivity contribution in [3.63, 3.8) is 0 Å². The molecule has 0 fully saturated rings. The quantitative estimate of drug-likeness (QED) is 0.639. The van der Waals surface area contributed by atoms with E-state index >= 15 is 0 Å². The number of anilines is 2. The van der Waals surface area contributed by atoms with Gasteiger partial charge in [0.15, 0.2) is 11.6 Å². The number of carbonyl (C=O) groups excluding carboxylic acids is 1. The van der Waals surface area contributed by atoms with E-state index in [9.17, 15) is 4.79 Å². The number of nitrogens with zero attached hydrogens (tertiary/aromatic N) is 2. The molecule has 0 spiro atoms. The van der Waals surface area contributed by atoms with Crippen molar-refractivity contribution >= 4 is 28.9 Å². The van der Waals surface area contributed by atoms with E-state index in [1.165, 1.54) is 5.56 Å². The lowest BCUT2D eigenvalue weighted by atomic mass is 9.87. The Morgan fingerprint density at radius 1 is 1.11 bits per heavy atom. The fourth-order valence-electron chi connectivity index (χ4n) is 3.72. The third-order valence-corrected chi connectivity index (χ3v) is 5.29. The monoisotopic (exact) mass is 379 g/mol. The van der Waals surface area contributed by atoms with Crippen molar-refractivity contribution in [1.82, 2.24) is 9.78 Å². The summed E-state index contributed by atoms with van der Waals surface area (Å²) in [4.78, 5) is 12.8. The number of carbonyl (C=O) groups is 1. The van der Waals surface area contributed by atoms with Crippen LogP contribution in [0, 0.1) is 19.8 Å². The molecule has 1 aromatic heterocycles. The molecule has 5 heteroatoms. The molecular weight excluding hydrogens is 358 g/mol. The summed E-state index contributed by atoms with van der Waals surface area (Å²) >= 11 is 6.04. The zero-order chi connectivity index (χ0) is 19.1. The summed E-state index contributed by atoms with van der Waals surface area (Å²) in [6.45, 7) is 6.23. The van der Waals surface area contributed by atoms with Gasteiger partial charge in [-0.05, 0) is 62.1 Å². The van der Waals surface area contributed by atoms with E-state index in [4.69, 9.17) is 16.7 Å². The summed E-state index contributed by atoms with van der Waals surface area (Å²) in [5, 5.41) is 8.85. The van der Waals surface area contributed by atoms with Crippen LogP contribution < -0.4 is 5.32 Å². The van der Waals surface area contributed by atoms with Crippen LogP contribution in [0.15, 0.2) is 42.5 Å². The fraction of sp³-hybridized carbons (Fsp3) is 0.273. The average Bonchev–Trinajstić information content (AvgIpc) is 2.96. The minimum Gasteiger partial charge on any atom is -0.338 e. The van der Waals surface area contributed by atoms with Crippen LogP contribution in [-0.4, -0.2) is 15.6 Å². The summed E-state index contributed by atoms with van der Waals surface area (Å²) in [5.41, 5.74) is 5.89. The van der Waals surface area contributed by atoms with Gasteiger partial charge >= 0.3 is 0 Å². The largest absolute Gasteiger partial charge is 0.338 e. The SMILES string of the molecule is Cc1ccc(Nc2nn(-c3ccc(Cl)cc3)c3c2C(=O)CC(C)C3)c(C)c1. The Kier molecular flexibility index (Phi) is 4.52. The summed E-state index contributed by atoms with van der Waals surface area (Å²) in [5.74, 6) is 1.08. The van der Waals surface area contributed by atoms with Gasteiger partial charge in [0.25, 0.3) is 0 Å². The van der Waals surface area contributed by atoms with Gasteiger partial charge in [-0.2, -0.15) is 0 Å². The summed E-state index contributed by atoms with van der Waals surface area (Å²) in [6, 6.07) is 13.8. The standard InChI is InChI=1S/C22H22ClN3O/c1-13-4-9-18(15(3)10-13)24-22-21-19(11-14(2)12-20(21)27)26(25-22)17-7-5-16(23)6-8-17/h4-10,14H,11-12H2,1-3H3,(H,24,25). The predicted molar refractivity (Wildman–Crippen MR) is 110 cm³/mol. The molecule has 1 aliphatic rings. The maximum atomic E-state index is 12.8. The van der Waals surface area contributed by atoms with E-state index in [0.717, 1.165) is 29.1 Å². The van der Waals surface area contributed by atoms with Gasteiger partial charge in [-0.15, -0.1) is 5.10 Å². The van der Waals surface area contributed by atoms with Crippen LogP contribution in [0.3, 0.4) is 0 Å². The van der Waals surface area contributed by atoms with Gasteiger partial charge < -0.3 is 5.32 Å². The Bertz CT molecular complexity index is 1020. The van der Waals surface area contributed by atoms with Crippen LogP contribution in [0.2, 0.25) is 5.02 Å². The van der Waals surface area contributed by atoms with Gasteiger partial charge in [-0.25, -0.2) is 4.68 Å². The van der Waals surface area contributed by atoms with E-state index in [0.29, 0.717) is 28.7 Å². The van der Waals surface area contributed by atoms with Crippen LogP contribution in [0.25, 0.3) is 5.69 Å². The van der Waals surface area contributed by atoms with Crippen LogP contribution in [-0.2, 0) is 6.42 Å². The van der Waals surface area contributed by atoms with E-state index in [1.54, 1.807) is 0 Å². The Hall–Kier alpha value is -2.59. The lowest BCUT2D eigenvalue weighted by molar-refractivity contribution is 0.0953. The number of halogens is 1. The summed E-state index contributed by atoms with van der Waals surface area (Å²) in [7, 11) is 0. The Balaban J connectivity index is 1.83. The molecule has 2 aromatic carbocycles. The minimum atomic E-state index is 0.149. The van der Waals surface area contributed by atoms with Crippen molar-refractivity contribution in [2.75, 3.05) is 5.32 Å². The minimum absolute atomic E-state index is 0.149. The van der Waals surface area contributed by atoms with E-state index in [-0.39, 0.29) is 5.78 Å². The topological polar surface area (TPSA) is 46.9 Å². The third-order valence-electron chi connectivity index (χ3n) is 5.04. The van der Waals surface area contributed by atoms with Crippen molar-refractivity contribution < 1.29 is 4.79 Å². The fourth-order valence-corrected chi connectivity index (χ4v) is 3.85. The van der Waals surface area contributed by atoms with Gasteiger partial charge in [0.1, 0.15) is 0 Å². The van der Waals surface area contributed by atoms with Crippen LogP contribution >= 0.6 is 11.6 Å². The Labute approximate surface area is 164 Å². The molecule has 1 N–H and O–H groups in total. The number of hydrogen-bond acceptors (Lipinski definition) is 3. The molecular formula is C22H22ClN3O. The first kappa shape index (κ1) is 17.8. The van der Waals surface area contributed by atoms with Crippen molar-refractivity contribution in [1.29, 1.82) is 0 Å². The molecule has 0 saturated heterocycles. The Morgan fingerprint density at radius 3 is 2.56 bits per heavy atom. The van der Waals surface area contributed by atoms with Crippen LogP contribution in [0.5, 0.6) is 0 Å². The zero-order valence-corrected chi connectivity index (χ0v) is 16.5. The zero-order valence-electron chi connectivity index (χ0n) is 15.7. The van der Waals surface area contributed by atoms with Crippen molar-refractivity contribution in [2.45, 2.75) is 33.6 Å². The second-order valence-corrected chi connectivity index (χ2v) is 7.87. The van der Waals surface area contributed by atoms with Gasteiger partial charge in [-0.3, -0.25) is 4.79 Å². The number of ketones is 1. The summed E-state index contributed by atoms with van der Waals surface area (Å²) < 4.78 is 1.88. The van der Waals surface area contributed by atoms with Gasteiger partial charge in [0, 0.05) is 17.1 Å². The predicted octanol–water partition coefficient (Wildman–Crippen LogP) is 5.65. The molecule has 0 amide bonds. The highest BCUT2D eigenvalue weighted by atomic mass is 35.5. The number of aryl methyl sites for hydroxylation is 2. The van der Waals surface area contributed by atoms with Gasteiger partial charge in [0.2, 0.25) is 0 Å². The molecule has 1 unspecified atom stereocenters. The molecule has 0 saturated carbocycles. The highest BCUT2D eigenvalue weighted by molar-refractivity contribution is 6.30. The normalized spacial score (nSPS) is 16.3. The first-order chi connectivity index (χ1) is 12.9. The number of nitrogens with one attached hydrogen (secondary N) is 1. The maximum Gasteiger partial charge on any atom is 0.168 e. The molecule has 0 aliphatic heterocycles. The molecule has 4 rings (SSSR count). The maximum absolute atomic E-state index is 12.8. The molecule has 4 nitrogen and oxygen atoms in total. The molecule has 138 valence electrons. The van der Waals surface area contributed by atoms with Crippen molar-refractivity contribution in [3.05, 3.63) is 69.9 Å². The smallest absolute Gasteiger partial charge is 0.168 e. The second kappa shape index (κ2) is 6.86. The van der Waals surface area contributed by atoms with E-state index in [2.05, 4.69) is 38.2 Å². The van der Waals surface area contributed by atoms with Crippen molar-refractivity contribution in [3.8, 4) is 5.69 Å². The number of rotatable bonds is 3. The lowest BCUT2D eigenvalue weighted by Crippen LogP contribution is -2.19. The number of Topliss-reactive ketones (excluding diaryl/α,β-unsaturated/α-hetero) is 1. The van der Waals surface area contributed by atoms with E-state index in [1.807, 2.05) is 35.0 Å². The van der Waals surface area contributed by atoms with Gasteiger partial charge in [-0.1, -0.05) is 36.2 Å². The van der Waals surface area contributed by atoms with Crippen LogP contribution in [0.1, 0.15) is 40.5 Å². The Morgan fingerprint density at radius 2 is 1.85 bits per heavy atom. The molecule has 3 aromatic rings. The summed E-state index contributed by atoms with van der Waals surface area (Å²) in [6.07, 6.45) is 1.38. The molecule has 1 heterocycles. The number of hydrogen-bond donors (Lipinski definition) is 1. The molecule has 0 bridgehead atoms. The first-order valence-electron chi connectivity index (χ1n) is 9.17. The molecule has 0 radical (unpaired) electrons. The number of benzene rings is 2. The number of aromatic nitrogens is 2. The third kappa shape index (κ3) is 3.37. The molecule has 27 heavy (non-hydrogen) atoms. The molecule has 1 atom stereocenters. The molecule has 1 aliphatic carbocycles. The highest BCUT2D eigenvalue weighted by Crippen LogP contribution is 2.34. The number of fused-ring (bicyclic) bond motifs is 1. The van der Waals surface area contributed by atoms with Crippen LogP contribution in [0.4, 0.5) is 11.5 Å². The average molecular weight is 380 g/mol. The first-order valence-corrected chi connectivity index (χ1v) is 9.55. The second-order valence-electron chi connectivity index (χ2n) is 7.44. The van der Waals surface area contributed by atoms with E-state index < -0.39 is 0 Å². The lowest BCUT2D eigenvalue weighted by Gasteiger charge is -2.19. The van der Waals surface area contributed by atoms with Crippen molar-refractivity contribution in [2.24, 2.45) is 5.92 Å². The van der Waals surface area contributed by atoms with Gasteiger partial charge in [0.05, 0.1) is 16.9 Å². The highest BCUT2D eigenvalue weighted by Gasteiger charge is 2.31.